The fourth-order valence-electron chi connectivity index (χ4n) is 1.57. The molecule has 2 N–H and O–H groups in total. The number of Topliss-reactive ketones (excluding diaryl/α,β-unsaturated/α-hetero) is 1. The molecule has 1 aliphatic carbocycles. The average molecular weight is 204 g/mol. The van der Waals surface area contributed by atoms with E-state index < -0.39 is 11.6 Å². The van der Waals surface area contributed by atoms with Crippen LogP contribution in [0.5, 0.6) is 11.5 Å². The SMILES string of the molecule is Cc1cc(O)c2c(c1O)C=CC(=O)C2=O. The van der Waals surface area contributed by atoms with Gasteiger partial charge in [0.05, 0.1) is 5.56 Å². The van der Waals surface area contributed by atoms with E-state index in [0.29, 0.717) is 5.56 Å². The summed E-state index contributed by atoms with van der Waals surface area (Å²) < 4.78 is 0. The summed E-state index contributed by atoms with van der Waals surface area (Å²) in [7, 11) is 0. The van der Waals surface area contributed by atoms with Crippen molar-refractivity contribution in [1.82, 2.24) is 0 Å². The summed E-state index contributed by atoms with van der Waals surface area (Å²) in [5, 5.41) is 19.2. The normalized spacial score (nSPS) is 14.2. The fourth-order valence-corrected chi connectivity index (χ4v) is 1.57. The highest BCUT2D eigenvalue weighted by molar-refractivity contribution is 6.50. The second-order valence-corrected chi connectivity index (χ2v) is 3.38. The van der Waals surface area contributed by atoms with Crippen LogP contribution in [0, 0.1) is 6.92 Å². The topological polar surface area (TPSA) is 74.6 Å². The zero-order valence-electron chi connectivity index (χ0n) is 7.94. The number of hydrogen-bond acceptors (Lipinski definition) is 4. The Kier molecular flexibility index (Phi) is 1.86. The first-order chi connectivity index (χ1) is 7.02. The molecule has 0 radical (unpaired) electrons. The number of rotatable bonds is 0. The van der Waals surface area contributed by atoms with Gasteiger partial charge in [0.25, 0.3) is 0 Å². The van der Waals surface area contributed by atoms with Gasteiger partial charge in [-0.2, -0.15) is 0 Å². The maximum Gasteiger partial charge on any atom is 0.237 e. The molecule has 76 valence electrons. The van der Waals surface area contributed by atoms with Gasteiger partial charge in [0.2, 0.25) is 11.6 Å². The van der Waals surface area contributed by atoms with Crippen molar-refractivity contribution in [2.75, 3.05) is 0 Å². The molecular formula is C11H8O4. The molecule has 4 nitrogen and oxygen atoms in total. The highest BCUT2D eigenvalue weighted by Gasteiger charge is 2.27. The zero-order valence-corrected chi connectivity index (χ0v) is 7.94. The van der Waals surface area contributed by atoms with Crippen LogP contribution in [0.15, 0.2) is 12.1 Å². The van der Waals surface area contributed by atoms with Gasteiger partial charge in [0.1, 0.15) is 11.5 Å². The molecule has 2 rings (SSSR count). The van der Waals surface area contributed by atoms with E-state index in [1.807, 2.05) is 0 Å². The predicted octanol–water partition coefficient (Wildman–Crippen LogP) is 1.18. The van der Waals surface area contributed by atoms with Crippen molar-refractivity contribution in [2.45, 2.75) is 6.92 Å². The summed E-state index contributed by atoms with van der Waals surface area (Å²) in [6.45, 7) is 1.60. The fraction of sp³-hybridized carbons (Fsp3) is 0.0909. The Balaban J connectivity index is 2.83. The lowest BCUT2D eigenvalue weighted by Gasteiger charge is -2.13. The Morgan fingerprint density at radius 1 is 1.13 bits per heavy atom. The van der Waals surface area contributed by atoms with Gasteiger partial charge in [-0.05, 0) is 30.7 Å². The van der Waals surface area contributed by atoms with Crippen molar-refractivity contribution in [2.24, 2.45) is 0 Å². The highest BCUT2D eigenvalue weighted by Crippen LogP contribution is 2.35. The number of benzene rings is 1. The minimum atomic E-state index is -0.791. The number of carbonyl (C=O) groups excluding carboxylic acids is 2. The summed E-state index contributed by atoms with van der Waals surface area (Å²) in [6.07, 6.45) is 2.42. The standard InChI is InChI=1S/C11H8O4/c1-5-4-8(13)9-6(10(5)14)2-3-7(12)11(9)15/h2-4,13-14H,1H3. The van der Waals surface area contributed by atoms with Gasteiger partial charge in [0, 0.05) is 5.56 Å². The highest BCUT2D eigenvalue weighted by atomic mass is 16.3. The third-order valence-electron chi connectivity index (χ3n) is 2.36. The Hall–Kier alpha value is -2.10. The van der Waals surface area contributed by atoms with Gasteiger partial charge in [-0.1, -0.05) is 0 Å². The van der Waals surface area contributed by atoms with Crippen molar-refractivity contribution < 1.29 is 19.8 Å². The summed E-state index contributed by atoms with van der Waals surface area (Å²) in [6, 6.07) is 1.26. The number of aromatic hydroxyl groups is 2. The van der Waals surface area contributed by atoms with E-state index >= 15 is 0 Å². The van der Waals surface area contributed by atoms with Gasteiger partial charge in [-0.3, -0.25) is 9.59 Å². The first-order valence-electron chi connectivity index (χ1n) is 4.34. The van der Waals surface area contributed by atoms with Crippen LogP contribution in [0.25, 0.3) is 6.08 Å². The van der Waals surface area contributed by atoms with Gasteiger partial charge >= 0.3 is 0 Å². The molecule has 1 aliphatic rings. The first kappa shape index (κ1) is 9.45. The summed E-state index contributed by atoms with van der Waals surface area (Å²) in [5.41, 5.74) is 0.542. The molecule has 15 heavy (non-hydrogen) atoms. The predicted molar refractivity (Wildman–Crippen MR) is 52.9 cm³/mol. The van der Waals surface area contributed by atoms with E-state index in [1.54, 1.807) is 6.92 Å². The monoisotopic (exact) mass is 204 g/mol. The molecule has 0 spiro atoms. The molecule has 0 amide bonds. The van der Waals surface area contributed by atoms with Crippen LogP contribution in [0.1, 0.15) is 21.5 Å². The van der Waals surface area contributed by atoms with E-state index in [2.05, 4.69) is 0 Å². The van der Waals surface area contributed by atoms with E-state index in [4.69, 9.17) is 0 Å². The largest absolute Gasteiger partial charge is 0.507 e. The minimum Gasteiger partial charge on any atom is -0.507 e. The Morgan fingerprint density at radius 2 is 1.80 bits per heavy atom. The summed E-state index contributed by atoms with van der Waals surface area (Å²) in [5.74, 6) is -1.84. The molecule has 0 fully saturated rings. The summed E-state index contributed by atoms with van der Waals surface area (Å²) in [4.78, 5) is 22.5. The van der Waals surface area contributed by atoms with Crippen LogP contribution >= 0.6 is 0 Å². The van der Waals surface area contributed by atoms with Crippen LogP contribution in [0.2, 0.25) is 0 Å². The van der Waals surface area contributed by atoms with Gasteiger partial charge < -0.3 is 10.2 Å². The van der Waals surface area contributed by atoms with Crippen LogP contribution in [-0.2, 0) is 4.79 Å². The third kappa shape index (κ3) is 1.22. The molecular weight excluding hydrogens is 196 g/mol. The Labute approximate surface area is 85.5 Å². The molecule has 0 saturated carbocycles. The molecule has 0 aliphatic heterocycles. The second-order valence-electron chi connectivity index (χ2n) is 3.38. The number of phenolic OH excluding ortho intramolecular Hbond substituents is 2. The maximum absolute atomic E-state index is 11.4. The number of hydrogen-bond donors (Lipinski definition) is 2. The van der Waals surface area contributed by atoms with Crippen molar-refractivity contribution in [3.8, 4) is 11.5 Å². The molecule has 0 bridgehead atoms. The third-order valence-corrected chi connectivity index (χ3v) is 2.36. The van der Waals surface area contributed by atoms with Gasteiger partial charge in [-0.25, -0.2) is 0 Å². The van der Waals surface area contributed by atoms with Crippen LogP contribution in [-0.4, -0.2) is 21.8 Å². The average Bonchev–Trinajstić information content (AvgIpc) is 2.18. The Bertz CT molecular complexity index is 512. The lowest BCUT2D eigenvalue weighted by Crippen LogP contribution is -2.16. The van der Waals surface area contributed by atoms with Crippen molar-refractivity contribution in [1.29, 1.82) is 0 Å². The van der Waals surface area contributed by atoms with Gasteiger partial charge in [0.15, 0.2) is 0 Å². The van der Waals surface area contributed by atoms with Crippen LogP contribution in [0.3, 0.4) is 0 Å². The number of carbonyl (C=O) groups is 2. The molecule has 0 unspecified atom stereocenters. The quantitative estimate of drug-likeness (QED) is 0.491. The molecule has 4 heteroatoms. The maximum atomic E-state index is 11.4. The minimum absolute atomic E-state index is 0.0834. The molecule has 0 aromatic heterocycles. The summed E-state index contributed by atoms with van der Waals surface area (Å²) >= 11 is 0. The van der Waals surface area contributed by atoms with Crippen molar-refractivity contribution >= 4 is 17.6 Å². The van der Waals surface area contributed by atoms with Crippen LogP contribution < -0.4 is 0 Å². The van der Waals surface area contributed by atoms with E-state index in [1.165, 1.54) is 12.1 Å². The second kappa shape index (κ2) is 2.95. The van der Waals surface area contributed by atoms with Crippen LogP contribution in [0.4, 0.5) is 0 Å². The molecule has 1 aromatic rings. The van der Waals surface area contributed by atoms with Crippen molar-refractivity contribution in [3.63, 3.8) is 0 Å². The lowest BCUT2D eigenvalue weighted by molar-refractivity contribution is -0.110. The first-order valence-corrected chi connectivity index (χ1v) is 4.34. The molecule has 0 heterocycles. The number of fused-ring (bicyclic) bond motifs is 1. The van der Waals surface area contributed by atoms with Crippen molar-refractivity contribution in [3.05, 3.63) is 28.8 Å². The van der Waals surface area contributed by atoms with E-state index in [9.17, 15) is 19.8 Å². The lowest BCUT2D eigenvalue weighted by atomic mass is 9.92. The number of allylic oxidation sites excluding steroid dienone is 1. The zero-order chi connectivity index (χ0) is 11.2. The molecule has 1 aromatic carbocycles. The number of phenols is 2. The van der Waals surface area contributed by atoms with E-state index in [-0.39, 0.29) is 22.6 Å². The number of ketones is 2. The van der Waals surface area contributed by atoms with Gasteiger partial charge in [-0.15, -0.1) is 0 Å². The van der Waals surface area contributed by atoms with E-state index in [0.717, 1.165) is 6.08 Å². The number of aryl methyl sites for hydroxylation is 1. The molecule has 0 saturated heterocycles. The Morgan fingerprint density at radius 3 is 2.47 bits per heavy atom. The smallest absolute Gasteiger partial charge is 0.237 e. The molecule has 0 atom stereocenters.